The summed E-state index contributed by atoms with van der Waals surface area (Å²) in [5.74, 6) is -2.01. The first-order valence-electron chi connectivity index (χ1n) is 15.2. The molecule has 4 aromatic rings. The largest absolute Gasteiger partial charge is 0.492 e. The Labute approximate surface area is 267 Å². The molecule has 0 spiro atoms. The van der Waals surface area contributed by atoms with Crippen molar-refractivity contribution in [3.8, 4) is 5.75 Å². The lowest BCUT2D eigenvalue weighted by molar-refractivity contribution is 0.0667. The number of aryl methyl sites for hydroxylation is 1. The van der Waals surface area contributed by atoms with Crippen LogP contribution in [0.1, 0.15) is 56.1 Å². The summed E-state index contributed by atoms with van der Waals surface area (Å²) in [7, 11) is -3.89. The number of nitrogens with zero attached hydrogens (tertiary/aromatic N) is 4. The first-order chi connectivity index (χ1) is 21.7. The van der Waals surface area contributed by atoms with Gasteiger partial charge in [-0.05, 0) is 70.4 Å². The van der Waals surface area contributed by atoms with Crippen molar-refractivity contribution in [1.29, 1.82) is 0 Å². The minimum atomic E-state index is -3.89. The molecule has 2 atom stereocenters. The SMILES string of the molecule is Cc1ccc(S(=O)(=O)NC(C)Cc2c(C(O)c3c(F)cc(OCCN4CC(CF)C4)cc3F)ccc3c2nnn3C(C)(C)C)cc1. The number of hydrogen-bond donors (Lipinski definition) is 2. The number of ether oxygens (including phenoxy) is 1. The molecular weight excluding hydrogens is 619 g/mol. The van der Waals surface area contributed by atoms with Crippen LogP contribution in [0.4, 0.5) is 13.2 Å². The Morgan fingerprint density at radius 3 is 2.35 bits per heavy atom. The number of benzene rings is 3. The second kappa shape index (κ2) is 13.3. The van der Waals surface area contributed by atoms with Gasteiger partial charge in [0.25, 0.3) is 0 Å². The van der Waals surface area contributed by atoms with E-state index in [1.54, 1.807) is 35.9 Å². The Morgan fingerprint density at radius 1 is 1.09 bits per heavy atom. The highest BCUT2D eigenvalue weighted by Crippen LogP contribution is 2.35. The van der Waals surface area contributed by atoms with Gasteiger partial charge in [-0.15, -0.1) is 5.10 Å². The van der Waals surface area contributed by atoms with Crippen LogP contribution in [0.5, 0.6) is 5.75 Å². The first kappa shape index (κ1) is 33.8. The van der Waals surface area contributed by atoms with Gasteiger partial charge in [0, 0.05) is 43.7 Å². The van der Waals surface area contributed by atoms with E-state index in [0.717, 1.165) is 17.7 Å². The van der Waals surface area contributed by atoms with E-state index in [-0.39, 0.29) is 41.8 Å². The van der Waals surface area contributed by atoms with Gasteiger partial charge in [0.1, 0.15) is 35.6 Å². The molecule has 1 saturated heterocycles. The second-order valence-corrected chi connectivity index (χ2v) is 14.8. The number of aromatic nitrogens is 3. The van der Waals surface area contributed by atoms with Crippen molar-refractivity contribution in [3.05, 3.63) is 82.4 Å². The fraction of sp³-hybridized carbons (Fsp3) is 0.455. The molecular formula is C33H40F3N5O4S. The van der Waals surface area contributed by atoms with E-state index < -0.39 is 44.9 Å². The monoisotopic (exact) mass is 659 g/mol. The van der Waals surface area contributed by atoms with Crippen LogP contribution in [0.25, 0.3) is 11.0 Å². The Balaban J connectivity index is 1.44. The summed E-state index contributed by atoms with van der Waals surface area (Å²) < 4.78 is 79.8. The Morgan fingerprint density at radius 2 is 1.74 bits per heavy atom. The Kier molecular flexibility index (Phi) is 9.78. The fourth-order valence-corrected chi connectivity index (χ4v) is 6.98. The first-order valence-corrected chi connectivity index (χ1v) is 16.7. The van der Waals surface area contributed by atoms with Gasteiger partial charge < -0.3 is 9.84 Å². The molecule has 13 heteroatoms. The molecule has 0 aliphatic carbocycles. The maximum atomic E-state index is 15.5. The molecule has 2 heterocycles. The van der Waals surface area contributed by atoms with Crippen LogP contribution in [0, 0.1) is 24.5 Å². The number of nitrogens with one attached hydrogen (secondary N) is 1. The summed E-state index contributed by atoms with van der Waals surface area (Å²) in [5.41, 5.74) is 1.46. The molecule has 248 valence electrons. The summed E-state index contributed by atoms with van der Waals surface area (Å²) in [4.78, 5) is 2.09. The van der Waals surface area contributed by atoms with E-state index in [1.807, 2.05) is 32.6 Å². The molecule has 0 radical (unpaired) electrons. The van der Waals surface area contributed by atoms with Gasteiger partial charge in [-0.25, -0.2) is 26.6 Å². The highest BCUT2D eigenvalue weighted by molar-refractivity contribution is 7.89. The van der Waals surface area contributed by atoms with Crippen LogP contribution in [-0.4, -0.2) is 72.4 Å². The standard InChI is InChI=1S/C33H40F3N5O4S/c1-20-6-8-24(9-7-20)46(43,44)38-21(2)14-26-25(10-11-29-31(26)37-39-41(29)33(3,4)5)32(42)30-27(35)15-23(16-28(30)36)45-13-12-40-18-22(17-34)19-40/h6-11,15-16,21-22,32,38,42H,12-14,17-19H2,1-5H3. The van der Waals surface area contributed by atoms with Crippen LogP contribution < -0.4 is 9.46 Å². The third-order valence-electron chi connectivity index (χ3n) is 8.14. The maximum absolute atomic E-state index is 15.5. The predicted molar refractivity (Wildman–Crippen MR) is 169 cm³/mol. The van der Waals surface area contributed by atoms with Gasteiger partial charge in [0.15, 0.2) is 0 Å². The van der Waals surface area contributed by atoms with Gasteiger partial charge in [0.05, 0.1) is 28.2 Å². The third-order valence-corrected chi connectivity index (χ3v) is 9.75. The van der Waals surface area contributed by atoms with Gasteiger partial charge in [-0.1, -0.05) is 29.0 Å². The van der Waals surface area contributed by atoms with Crippen molar-refractivity contribution in [3.63, 3.8) is 0 Å². The number of fused-ring (bicyclic) bond motifs is 1. The van der Waals surface area contributed by atoms with Crippen LogP contribution in [0.3, 0.4) is 0 Å². The number of likely N-dealkylation sites (tertiary alicyclic amines) is 1. The van der Waals surface area contributed by atoms with E-state index >= 15 is 8.78 Å². The third kappa shape index (κ3) is 7.22. The molecule has 1 aliphatic rings. The molecule has 1 fully saturated rings. The molecule has 2 unspecified atom stereocenters. The number of sulfonamides is 1. The quantitative estimate of drug-likeness (QED) is 0.219. The van der Waals surface area contributed by atoms with Gasteiger partial charge in [-0.3, -0.25) is 9.29 Å². The summed E-state index contributed by atoms with van der Waals surface area (Å²) in [5, 5.41) is 20.2. The number of halogens is 3. The zero-order valence-corrected chi connectivity index (χ0v) is 27.4. The molecule has 5 rings (SSSR count). The van der Waals surface area contributed by atoms with Gasteiger partial charge in [-0.2, -0.15) is 0 Å². The van der Waals surface area contributed by atoms with E-state index in [0.29, 0.717) is 36.2 Å². The highest BCUT2D eigenvalue weighted by Gasteiger charge is 2.29. The smallest absolute Gasteiger partial charge is 0.240 e. The Bertz CT molecular complexity index is 1780. The molecule has 46 heavy (non-hydrogen) atoms. The summed E-state index contributed by atoms with van der Waals surface area (Å²) in [6.07, 6.45) is -1.70. The molecule has 0 amide bonds. The molecule has 0 bridgehead atoms. The lowest BCUT2D eigenvalue weighted by Gasteiger charge is -2.37. The average Bonchev–Trinajstić information content (AvgIpc) is 3.39. The van der Waals surface area contributed by atoms with Crippen LogP contribution in [0.15, 0.2) is 53.4 Å². The minimum Gasteiger partial charge on any atom is -0.492 e. The number of hydrogen-bond acceptors (Lipinski definition) is 7. The lowest BCUT2D eigenvalue weighted by atomic mass is 9.91. The number of alkyl halides is 1. The number of rotatable bonds is 12. The second-order valence-electron chi connectivity index (χ2n) is 13.0. The normalized spacial score (nSPS) is 16.0. The zero-order valence-electron chi connectivity index (χ0n) is 26.6. The number of aliphatic hydroxyl groups excluding tert-OH is 1. The average molecular weight is 660 g/mol. The van der Waals surface area contributed by atoms with Crippen molar-refractivity contribution in [2.75, 3.05) is 32.9 Å². The summed E-state index contributed by atoms with van der Waals surface area (Å²) >= 11 is 0. The topological polar surface area (TPSA) is 110 Å². The maximum Gasteiger partial charge on any atom is 0.240 e. The van der Waals surface area contributed by atoms with E-state index in [9.17, 15) is 17.9 Å². The van der Waals surface area contributed by atoms with Crippen LogP contribution in [0.2, 0.25) is 0 Å². The fourth-order valence-electron chi connectivity index (χ4n) is 5.73. The van der Waals surface area contributed by atoms with Crippen molar-refractivity contribution in [2.45, 2.75) is 63.6 Å². The number of aliphatic hydroxyl groups is 1. The summed E-state index contributed by atoms with van der Waals surface area (Å²) in [6, 6.07) is 11.0. The van der Waals surface area contributed by atoms with Crippen molar-refractivity contribution in [1.82, 2.24) is 24.6 Å². The van der Waals surface area contributed by atoms with Gasteiger partial charge in [0.2, 0.25) is 10.0 Å². The molecule has 2 N–H and O–H groups in total. The minimum absolute atomic E-state index is 0.0223. The van der Waals surface area contributed by atoms with Crippen LogP contribution >= 0.6 is 0 Å². The highest BCUT2D eigenvalue weighted by atomic mass is 32.2. The molecule has 0 saturated carbocycles. The van der Waals surface area contributed by atoms with Crippen molar-refractivity contribution in [2.24, 2.45) is 5.92 Å². The van der Waals surface area contributed by atoms with Crippen molar-refractivity contribution < 1.29 is 31.4 Å². The molecule has 9 nitrogen and oxygen atoms in total. The van der Waals surface area contributed by atoms with E-state index in [4.69, 9.17) is 4.74 Å². The van der Waals surface area contributed by atoms with Crippen LogP contribution in [-0.2, 0) is 22.0 Å². The Hall–Kier alpha value is -3.52. The molecule has 3 aromatic carbocycles. The van der Waals surface area contributed by atoms with E-state index in [2.05, 4.69) is 15.0 Å². The van der Waals surface area contributed by atoms with E-state index in [1.165, 1.54) is 12.1 Å². The lowest BCUT2D eigenvalue weighted by Crippen LogP contribution is -2.49. The molecule has 1 aliphatic heterocycles. The predicted octanol–water partition coefficient (Wildman–Crippen LogP) is 5.04. The van der Waals surface area contributed by atoms with Crippen molar-refractivity contribution >= 4 is 21.1 Å². The van der Waals surface area contributed by atoms with Gasteiger partial charge >= 0.3 is 0 Å². The zero-order chi connectivity index (χ0) is 33.4. The summed E-state index contributed by atoms with van der Waals surface area (Å²) in [6.45, 7) is 10.9. The molecule has 1 aromatic heterocycles.